The third kappa shape index (κ3) is 7.72. The molecule has 0 spiro atoms. The minimum atomic E-state index is -3.95. The molecule has 0 bridgehead atoms. The van der Waals surface area contributed by atoms with Crippen molar-refractivity contribution in [2.24, 2.45) is 0 Å². The number of amides is 2. The second-order valence-electron chi connectivity index (χ2n) is 9.59. The van der Waals surface area contributed by atoms with Crippen LogP contribution in [0.4, 0.5) is 4.39 Å². The number of aryl methyl sites for hydroxylation is 1. The molecule has 0 fully saturated rings. The molecule has 0 aliphatic heterocycles. The van der Waals surface area contributed by atoms with E-state index in [1.165, 1.54) is 36.2 Å². The van der Waals surface area contributed by atoms with Crippen molar-refractivity contribution < 1.29 is 22.4 Å². The highest BCUT2D eigenvalue weighted by Crippen LogP contribution is 2.19. The molecule has 9 heteroatoms. The number of halogens is 1. The summed E-state index contributed by atoms with van der Waals surface area (Å²) in [4.78, 5) is 28.6. The normalized spacial score (nSPS) is 12.4. The summed E-state index contributed by atoms with van der Waals surface area (Å²) >= 11 is 0. The third-order valence-electron chi connectivity index (χ3n) is 6.06. The van der Waals surface area contributed by atoms with E-state index in [1.54, 1.807) is 24.3 Å². The van der Waals surface area contributed by atoms with Gasteiger partial charge in [0, 0.05) is 26.1 Å². The SMILES string of the molecule is Cc1ccc(S(=O)(=O)N(C)CC(=O)N(Cc2ccc(F)cc2)C(Cc2ccccc2)C(=O)NC(C)C)cc1. The summed E-state index contributed by atoms with van der Waals surface area (Å²) in [5.74, 6) is -1.33. The zero-order valence-electron chi connectivity index (χ0n) is 22.1. The number of sulfonamides is 1. The summed E-state index contributed by atoms with van der Waals surface area (Å²) in [6.45, 7) is 5.03. The molecule has 1 atom stereocenters. The van der Waals surface area contributed by atoms with E-state index in [0.717, 1.165) is 15.4 Å². The molecule has 0 aromatic heterocycles. The lowest BCUT2D eigenvalue weighted by Gasteiger charge is -2.33. The van der Waals surface area contributed by atoms with E-state index in [0.29, 0.717) is 5.56 Å². The van der Waals surface area contributed by atoms with E-state index in [-0.39, 0.29) is 29.8 Å². The Balaban J connectivity index is 1.96. The van der Waals surface area contributed by atoms with Crippen molar-refractivity contribution in [3.05, 3.63) is 101 Å². The molecule has 2 amide bonds. The van der Waals surface area contributed by atoms with Crippen LogP contribution in [0.2, 0.25) is 0 Å². The van der Waals surface area contributed by atoms with E-state index in [1.807, 2.05) is 51.1 Å². The largest absolute Gasteiger partial charge is 0.352 e. The molecule has 202 valence electrons. The van der Waals surface area contributed by atoms with E-state index in [4.69, 9.17) is 0 Å². The number of carbonyl (C=O) groups is 2. The fraction of sp³-hybridized carbons (Fsp3) is 0.310. The average Bonchev–Trinajstić information content (AvgIpc) is 2.87. The van der Waals surface area contributed by atoms with Crippen LogP contribution < -0.4 is 5.32 Å². The first-order valence-corrected chi connectivity index (χ1v) is 13.8. The van der Waals surface area contributed by atoms with Gasteiger partial charge in [-0.15, -0.1) is 0 Å². The maximum atomic E-state index is 13.7. The molecule has 1 N–H and O–H groups in total. The Hall–Kier alpha value is -3.56. The molecule has 38 heavy (non-hydrogen) atoms. The van der Waals surface area contributed by atoms with Crippen LogP contribution in [-0.4, -0.2) is 55.1 Å². The van der Waals surface area contributed by atoms with Gasteiger partial charge in [0.1, 0.15) is 11.9 Å². The Morgan fingerprint density at radius 1 is 0.895 bits per heavy atom. The molecule has 3 aromatic carbocycles. The lowest BCUT2D eigenvalue weighted by Crippen LogP contribution is -2.53. The molecule has 7 nitrogen and oxygen atoms in total. The molecule has 1 unspecified atom stereocenters. The zero-order valence-corrected chi connectivity index (χ0v) is 22.9. The van der Waals surface area contributed by atoms with Crippen LogP contribution in [-0.2, 0) is 32.6 Å². The average molecular weight is 540 g/mol. The highest BCUT2D eigenvalue weighted by molar-refractivity contribution is 7.89. The number of carbonyl (C=O) groups excluding carboxylic acids is 2. The first-order chi connectivity index (χ1) is 18.0. The number of nitrogens with one attached hydrogen (secondary N) is 1. The zero-order chi connectivity index (χ0) is 27.9. The second-order valence-corrected chi connectivity index (χ2v) is 11.6. The molecule has 0 saturated carbocycles. The standard InChI is InChI=1S/C29H34FN3O4S/c1-21(2)31-29(35)27(18-23-8-6-5-7-9-23)33(19-24-12-14-25(30)15-13-24)28(34)20-32(4)38(36,37)26-16-10-22(3)11-17-26/h5-17,21,27H,18-20H2,1-4H3,(H,31,35). The summed E-state index contributed by atoms with van der Waals surface area (Å²) in [5, 5.41) is 2.88. The van der Waals surface area contributed by atoms with E-state index in [2.05, 4.69) is 5.32 Å². The highest BCUT2D eigenvalue weighted by atomic mass is 32.2. The maximum absolute atomic E-state index is 13.7. The number of hydrogen-bond acceptors (Lipinski definition) is 4. The summed E-state index contributed by atoms with van der Waals surface area (Å²) < 4.78 is 40.9. The number of rotatable bonds is 11. The van der Waals surface area contributed by atoms with Gasteiger partial charge in [-0.05, 0) is 56.2 Å². The summed E-state index contributed by atoms with van der Waals surface area (Å²) in [6.07, 6.45) is 0.223. The smallest absolute Gasteiger partial charge is 0.243 e. The molecular weight excluding hydrogens is 505 g/mol. The molecule has 0 saturated heterocycles. The predicted octanol–water partition coefficient (Wildman–Crippen LogP) is 3.92. The summed E-state index contributed by atoms with van der Waals surface area (Å²) in [6, 6.07) is 20.2. The van der Waals surface area contributed by atoms with Crippen LogP contribution in [0.25, 0.3) is 0 Å². The number of hydrogen-bond donors (Lipinski definition) is 1. The van der Waals surface area contributed by atoms with Gasteiger partial charge in [0.05, 0.1) is 11.4 Å². The Morgan fingerprint density at radius 3 is 2.08 bits per heavy atom. The fourth-order valence-electron chi connectivity index (χ4n) is 3.98. The Morgan fingerprint density at radius 2 is 1.50 bits per heavy atom. The van der Waals surface area contributed by atoms with Crippen molar-refractivity contribution >= 4 is 21.8 Å². The van der Waals surface area contributed by atoms with Crippen molar-refractivity contribution in [1.29, 1.82) is 0 Å². The predicted molar refractivity (Wildman–Crippen MR) is 145 cm³/mol. The van der Waals surface area contributed by atoms with Crippen LogP contribution >= 0.6 is 0 Å². The molecule has 0 heterocycles. The summed E-state index contributed by atoms with van der Waals surface area (Å²) in [7, 11) is -2.61. The van der Waals surface area contributed by atoms with Crippen LogP contribution in [0.5, 0.6) is 0 Å². The lowest BCUT2D eigenvalue weighted by atomic mass is 10.0. The first kappa shape index (κ1) is 29.0. The van der Waals surface area contributed by atoms with E-state index < -0.39 is 34.3 Å². The van der Waals surface area contributed by atoms with Crippen LogP contribution in [0.15, 0.2) is 83.8 Å². The number of nitrogens with zero attached hydrogens (tertiary/aromatic N) is 2. The summed E-state index contributed by atoms with van der Waals surface area (Å²) in [5.41, 5.74) is 2.36. The molecule has 0 aliphatic carbocycles. The third-order valence-corrected chi connectivity index (χ3v) is 7.87. The van der Waals surface area contributed by atoms with Crippen LogP contribution in [0.1, 0.15) is 30.5 Å². The van der Waals surface area contributed by atoms with Crippen molar-refractivity contribution in [1.82, 2.24) is 14.5 Å². The van der Waals surface area contributed by atoms with Crippen molar-refractivity contribution in [3.8, 4) is 0 Å². The van der Waals surface area contributed by atoms with Gasteiger partial charge >= 0.3 is 0 Å². The Kier molecular flexibility index (Phi) is 9.77. The van der Waals surface area contributed by atoms with Gasteiger partial charge < -0.3 is 10.2 Å². The van der Waals surface area contributed by atoms with Gasteiger partial charge in [0.25, 0.3) is 0 Å². The van der Waals surface area contributed by atoms with Gasteiger partial charge in [-0.2, -0.15) is 4.31 Å². The van der Waals surface area contributed by atoms with Gasteiger partial charge in [-0.3, -0.25) is 9.59 Å². The van der Waals surface area contributed by atoms with E-state index >= 15 is 0 Å². The quantitative estimate of drug-likeness (QED) is 0.400. The van der Waals surface area contributed by atoms with Gasteiger partial charge in [0.2, 0.25) is 21.8 Å². The van der Waals surface area contributed by atoms with Crippen molar-refractivity contribution in [2.45, 2.75) is 50.7 Å². The van der Waals surface area contributed by atoms with Crippen LogP contribution in [0.3, 0.4) is 0 Å². The van der Waals surface area contributed by atoms with Gasteiger partial charge in [-0.1, -0.05) is 60.2 Å². The van der Waals surface area contributed by atoms with Crippen molar-refractivity contribution in [2.75, 3.05) is 13.6 Å². The maximum Gasteiger partial charge on any atom is 0.243 e. The Labute approximate surface area is 224 Å². The molecule has 3 aromatic rings. The van der Waals surface area contributed by atoms with Crippen LogP contribution in [0, 0.1) is 12.7 Å². The fourth-order valence-corrected chi connectivity index (χ4v) is 5.10. The Bertz CT molecular complexity index is 1330. The molecular formula is C29H34FN3O4S. The molecule has 0 radical (unpaired) electrons. The number of benzene rings is 3. The lowest BCUT2D eigenvalue weighted by molar-refractivity contribution is -0.141. The molecule has 3 rings (SSSR count). The topological polar surface area (TPSA) is 86.8 Å². The highest BCUT2D eigenvalue weighted by Gasteiger charge is 2.33. The number of likely N-dealkylation sites (N-methyl/N-ethyl adjacent to an activating group) is 1. The van der Waals surface area contributed by atoms with Gasteiger partial charge in [0.15, 0.2) is 0 Å². The monoisotopic (exact) mass is 539 g/mol. The molecule has 0 aliphatic rings. The second kappa shape index (κ2) is 12.8. The minimum absolute atomic E-state index is 0.000544. The van der Waals surface area contributed by atoms with Crippen molar-refractivity contribution in [3.63, 3.8) is 0 Å². The minimum Gasteiger partial charge on any atom is -0.352 e. The van der Waals surface area contributed by atoms with Gasteiger partial charge in [-0.25, -0.2) is 12.8 Å². The first-order valence-electron chi connectivity index (χ1n) is 12.4. The van der Waals surface area contributed by atoms with E-state index in [9.17, 15) is 22.4 Å².